The second kappa shape index (κ2) is 4.82. The Labute approximate surface area is 99.8 Å². The summed E-state index contributed by atoms with van der Waals surface area (Å²) in [5, 5.41) is 5.25. The van der Waals surface area contributed by atoms with Crippen molar-refractivity contribution in [3.63, 3.8) is 0 Å². The number of hydrogen-bond donors (Lipinski definition) is 1. The Balaban J connectivity index is 2.04. The molecule has 2 rings (SSSR count). The molecule has 1 aliphatic heterocycles. The van der Waals surface area contributed by atoms with Gasteiger partial charge in [-0.05, 0) is 30.9 Å². The fourth-order valence-electron chi connectivity index (χ4n) is 2.21. The number of hydrogen-bond acceptors (Lipinski definition) is 3. The summed E-state index contributed by atoms with van der Waals surface area (Å²) in [6, 6.07) is 2.10. The summed E-state index contributed by atoms with van der Waals surface area (Å²) >= 11 is 1.50. The minimum Gasteiger partial charge on any atom is -0.379 e. The first kappa shape index (κ1) is 12.0. The lowest BCUT2D eigenvalue weighted by Gasteiger charge is -2.29. The van der Waals surface area contributed by atoms with Crippen molar-refractivity contribution in [1.29, 1.82) is 0 Å². The number of thiophene rings is 1. The summed E-state index contributed by atoms with van der Waals surface area (Å²) in [5.41, 5.74) is -0.205. The molecule has 0 amide bonds. The molecule has 0 saturated carbocycles. The second-order valence-corrected chi connectivity index (χ2v) is 5.48. The van der Waals surface area contributed by atoms with E-state index in [4.69, 9.17) is 4.74 Å². The number of aryl methyl sites for hydroxylation is 1. The van der Waals surface area contributed by atoms with Crippen LogP contribution in [0.4, 0.5) is 4.39 Å². The maximum atomic E-state index is 14.6. The number of halogens is 1. The van der Waals surface area contributed by atoms with Crippen LogP contribution in [0.1, 0.15) is 23.8 Å². The van der Waals surface area contributed by atoms with Crippen molar-refractivity contribution < 1.29 is 9.13 Å². The molecule has 0 aromatic carbocycles. The van der Waals surface area contributed by atoms with Gasteiger partial charge in [0.15, 0.2) is 0 Å². The zero-order valence-corrected chi connectivity index (χ0v) is 10.6. The van der Waals surface area contributed by atoms with E-state index in [1.807, 2.05) is 18.4 Å². The number of ether oxygens (including phenoxy) is 1. The highest BCUT2D eigenvalue weighted by atomic mass is 32.1. The quantitative estimate of drug-likeness (QED) is 0.881. The van der Waals surface area contributed by atoms with Crippen LogP contribution in [0.25, 0.3) is 0 Å². The van der Waals surface area contributed by atoms with Crippen LogP contribution in [0, 0.1) is 6.92 Å². The maximum absolute atomic E-state index is 14.6. The molecule has 1 N–H and O–H groups in total. The third-order valence-corrected chi connectivity index (χ3v) is 4.22. The van der Waals surface area contributed by atoms with Gasteiger partial charge in [0.1, 0.15) is 5.67 Å². The van der Waals surface area contributed by atoms with Gasteiger partial charge in [-0.25, -0.2) is 4.39 Å². The Morgan fingerprint density at radius 2 is 2.50 bits per heavy atom. The normalized spacial score (nSPS) is 25.3. The van der Waals surface area contributed by atoms with Crippen LogP contribution in [-0.4, -0.2) is 25.8 Å². The standard InChI is InChI=1S/C12H18FNOS/c1-9-3-6-16-11(9)12(2,13)7-10-8-15-5-4-14-10/h3,6,10,14H,4-5,7-8H2,1-2H3. The molecular formula is C12H18FNOS. The van der Waals surface area contributed by atoms with Gasteiger partial charge in [0, 0.05) is 23.9 Å². The maximum Gasteiger partial charge on any atom is 0.144 e. The van der Waals surface area contributed by atoms with Gasteiger partial charge >= 0.3 is 0 Å². The molecule has 0 bridgehead atoms. The van der Waals surface area contributed by atoms with E-state index in [9.17, 15) is 4.39 Å². The van der Waals surface area contributed by atoms with E-state index in [1.54, 1.807) is 6.92 Å². The Morgan fingerprint density at radius 1 is 1.69 bits per heavy atom. The minimum absolute atomic E-state index is 0.130. The molecule has 2 nitrogen and oxygen atoms in total. The first-order valence-corrected chi connectivity index (χ1v) is 6.52. The Hall–Kier alpha value is -0.450. The predicted octanol–water partition coefficient (Wildman–Crippen LogP) is 2.62. The molecule has 2 unspecified atom stereocenters. The van der Waals surface area contributed by atoms with Gasteiger partial charge in [-0.2, -0.15) is 0 Å². The monoisotopic (exact) mass is 243 g/mol. The lowest BCUT2D eigenvalue weighted by atomic mass is 9.95. The molecule has 0 aliphatic carbocycles. The van der Waals surface area contributed by atoms with Crippen LogP contribution < -0.4 is 5.32 Å². The summed E-state index contributed by atoms with van der Waals surface area (Å²) in [7, 11) is 0. The van der Waals surface area contributed by atoms with Crippen molar-refractivity contribution in [3.8, 4) is 0 Å². The number of nitrogens with one attached hydrogen (secondary N) is 1. The highest BCUT2D eigenvalue weighted by Crippen LogP contribution is 2.36. The van der Waals surface area contributed by atoms with E-state index in [0.29, 0.717) is 13.0 Å². The van der Waals surface area contributed by atoms with Gasteiger partial charge in [-0.15, -0.1) is 11.3 Å². The Bertz CT molecular complexity index is 345. The summed E-state index contributed by atoms with van der Waals surface area (Å²) < 4.78 is 20.0. The van der Waals surface area contributed by atoms with E-state index < -0.39 is 5.67 Å². The van der Waals surface area contributed by atoms with Gasteiger partial charge in [0.2, 0.25) is 0 Å². The van der Waals surface area contributed by atoms with E-state index in [1.165, 1.54) is 11.3 Å². The Kier molecular flexibility index (Phi) is 3.62. The SMILES string of the molecule is Cc1ccsc1C(C)(F)CC1COCCN1. The fourth-order valence-corrected chi connectivity index (χ4v) is 3.20. The molecule has 1 aliphatic rings. The van der Waals surface area contributed by atoms with E-state index in [-0.39, 0.29) is 6.04 Å². The Morgan fingerprint density at radius 3 is 3.06 bits per heavy atom. The highest BCUT2D eigenvalue weighted by molar-refractivity contribution is 7.10. The molecule has 90 valence electrons. The van der Waals surface area contributed by atoms with Crippen molar-refractivity contribution in [2.45, 2.75) is 32.0 Å². The van der Waals surface area contributed by atoms with Crippen LogP contribution in [0.2, 0.25) is 0 Å². The first-order valence-electron chi connectivity index (χ1n) is 5.64. The molecule has 0 radical (unpaired) electrons. The summed E-state index contributed by atoms with van der Waals surface area (Å²) in [4.78, 5) is 0.847. The average Bonchev–Trinajstić information content (AvgIpc) is 2.66. The second-order valence-electron chi connectivity index (χ2n) is 4.56. The topological polar surface area (TPSA) is 21.3 Å². The molecule has 4 heteroatoms. The van der Waals surface area contributed by atoms with Crippen LogP contribution in [0.15, 0.2) is 11.4 Å². The van der Waals surface area contributed by atoms with Gasteiger partial charge < -0.3 is 10.1 Å². The molecule has 1 fully saturated rings. The van der Waals surface area contributed by atoms with Crippen molar-refractivity contribution >= 4 is 11.3 Å². The summed E-state index contributed by atoms with van der Waals surface area (Å²) in [6.45, 7) is 5.81. The molecular weight excluding hydrogens is 225 g/mol. The molecule has 1 aromatic heterocycles. The first-order chi connectivity index (χ1) is 7.59. The third-order valence-electron chi connectivity index (χ3n) is 2.96. The third kappa shape index (κ3) is 2.62. The molecule has 2 heterocycles. The minimum atomic E-state index is -1.25. The van der Waals surface area contributed by atoms with E-state index in [0.717, 1.165) is 23.6 Å². The molecule has 0 spiro atoms. The van der Waals surface area contributed by atoms with Crippen molar-refractivity contribution in [3.05, 3.63) is 21.9 Å². The van der Waals surface area contributed by atoms with E-state index >= 15 is 0 Å². The lowest BCUT2D eigenvalue weighted by Crippen LogP contribution is -2.44. The van der Waals surface area contributed by atoms with Gasteiger partial charge in [0.05, 0.1) is 13.2 Å². The molecule has 1 saturated heterocycles. The largest absolute Gasteiger partial charge is 0.379 e. The van der Waals surface area contributed by atoms with Crippen molar-refractivity contribution in [2.24, 2.45) is 0 Å². The van der Waals surface area contributed by atoms with Crippen LogP contribution >= 0.6 is 11.3 Å². The van der Waals surface area contributed by atoms with Gasteiger partial charge in [-0.3, -0.25) is 0 Å². The fraction of sp³-hybridized carbons (Fsp3) is 0.667. The number of rotatable bonds is 3. The number of alkyl halides is 1. The van der Waals surface area contributed by atoms with Crippen LogP contribution in [0.5, 0.6) is 0 Å². The van der Waals surface area contributed by atoms with Gasteiger partial charge in [0.25, 0.3) is 0 Å². The molecule has 2 atom stereocenters. The van der Waals surface area contributed by atoms with Crippen LogP contribution in [0.3, 0.4) is 0 Å². The highest BCUT2D eigenvalue weighted by Gasteiger charge is 2.32. The molecule has 1 aromatic rings. The molecule has 16 heavy (non-hydrogen) atoms. The smallest absolute Gasteiger partial charge is 0.144 e. The van der Waals surface area contributed by atoms with Crippen molar-refractivity contribution in [1.82, 2.24) is 5.32 Å². The lowest BCUT2D eigenvalue weighted by molar-refractivity contribution is 0.0482. The summed E-state index contributed by atoms with van der Waals surface area (Å²) in [5.74, 6) is 0. The zero-order valence-electron chi connectivity index (χ0n) is 9.75. The van der Waals surface area contributed by atoms with Gasteiger partial charge in [-0.1, -0.05) is 0 Å². The summed E-state index contributed by atoms with van der Waals surface area (Å²) in [6.07, 6.45) is 0.481. The van der Waals surface area contributed by atoms with Crippen molar-refractivity contribution in [2.75, 3.05) is 19.8 Å². The van der Waals surface area contributed by atoms with E-state index in [2.05, 4.69) is 5.32 Å². The predicted molar refractivity (Wildman–Crippen MR) is 64.7 cm³/mol. The van der Waals surface area contributed by atoms with Crippen LogP contribution in [-0.2, 0) is 10.4 Å². The number of morpholine rings is 1. The zero-order chi connectivity index (χ0) is 11.6. The average molecular weight is 243 g/mol.